The molecular formula is C13H27BrN2. The van der Waals surface area contributed by atoms with Gasteiger partial charge in [0, 0.05) is 16.9 Å². The Morgan fingerprint density at radius 2 is 2.06 bits per heavy atom. The fraction of sp³-hybridized carbons (Fsp3) is 1.00. The lowest BCUT2D eigenvalue weighted by atomic mass is 9.99. The SMILES string of the molecule is CN1CCCCC1CCN(C)C(C)(C)CBr. The van der Waals surface area contributed by atoms with Gasteiger partial charge in [0.1, 0.15) is 0 Å². The highest BCUT2D eigenvalue weighted by Crippen LogP contribution is 2.20. The van der Waals surface area contributed by atoms with Crippen LogP contribution >= 0.6 is 15.9 Å². The van der Waals surface area contributed by atoms with Crippen LogP contribution in [0, 0.1) is 0 Å². The van der Waals surface area contributed by atoms with E-state index in [1.807, 2.05) is 0 Å². The molecule has 0 amide bonds. The summed E-state index contributed by atoms with van der Waals surface area (Å²) in [7, 11) is 4.52. The maximum absolute atomic E-state index is 3.60. The molecule has 0 aromatic rings. The quantitative estimate of drug-likeness (QED) is 0.719. The third-order valence-electron chi connectivity index (χ3n) is 4.08. The number of alkyl halides is 1. The predicted octanol–water partition coefficient (Wildman–Crippen LogP) is 2.97. The van der Waals surface area contributed by atoms with Gasteiger partial charge in [0.05, 0.1) is 0 Å². The molecular weight excluding hydrogens is 264 g/mol. The largest absolute Gasteiger partial charge is 0.303 e. The summed E-state index contributed by atoms with van der Waals surface area (Å²) in [6.07, 6.45) is 5.50. The van der Waals surface area contributed by atoms with Crippen molar-refractivity contribution in [3.63, 3.8) is 0 Å². The molecule has 1 rings (SSSR count). The number of rotatable bonds is 5. The van der Waals surface area contributed by atoms with Crippen LogP contribution in [0.3, 0.4) is 0 Å². The molecule has 1 aliphatic heterocycles. The van der Waals surface area contributed by atoms with Gasteiger partial charge in [-0.2, -0.15) is 0 Å². The molecule has 1 fully saturated rings. The van der Waals surface area contributed by atoms with Crippen LogP contribution in [0.5, 0.6) is 0 Å². The number of hydrogen-bond donors (Lipinski definition) is 0. The highest BCUT2D eigenvalue weighted by Gasteiger charge is 2.24. The molecule has 0 radical (unpaired) electrons. The molecule has 0 aromatic heterocycles. The first-order chi connectivity index (χ1) is 7.47. The van der Waals surface area contributed by atoms with Crippen LogP contribution in [0.2, 0.25) is 0 Å². The van der Waals surface area contributed by atoms with Crippen molar-refractivity contribution in [2.45, 2.75) is 51.1 Å². The molecule has 0 saturated carbocycles. The zero-order valence-corrected chi connectivity index (χ0v) is 12.9. The van der Waals surface area contributed by atoms with Crippen LogP contribution in [0.15, 0.2) is 0 Å². The van der Waals surface area contributed by atoms with Crippen molar-refractivity contribution in [3.05, 3.63) is 0 Å². The smallest absolute Gasteiger partial charge is 0.0246 e. The monoisotopic (exact) mass is 290 g/mol. The van der Waals surface area contributed by atoms with Crippen molar-refractivity contribution >= 4 is 15.9 Å². The van der Waals surface area contributed by atoms with Crippen molar-refractivity contribution in [2.75, 3.05) is 32.5 Å². The molecule has 1 atom stereocenters. The van der Waals surface area contributed by atoms with E-state index in [0.29, 0.717) is 0 Å². The summed E-state index contributed by atoms with van der Waals surface area (Å²) in [6, 6.07) is 0.808. The van der Waals surface area contributed by atoms with Gasteiger partial charge in [-0.3, -0.25) is 0 Å². The van der Waals surface area contributed by atoms with Gasteiger partial charge in [0.25, 0.3) is 0 Å². The average Bonchev–Trinajstić information content (AvgIpc) is 2.27. The first-order valence-electron chi connectivity index (χ1n) is 6.45. The highest BCUT2D eigenvalue weighted by atomic mass is 79.9. The summed E-state index contributed by atoms with van der Waals surface area (Å²) in [5.41, 5.74) is 0.271. The van der Waals surface area contributed by atoms with Crippen molar-refractivity contribution in [1.82, 2.24) is 9.80 Å². The van der Waals surface area contributed by atoms with Gasteiger partial charge in [-0.25, -0.2) is 0 Å². The van der Waals surface area contributed by atoms with Crippen molar-refractivity contribution in [2.24, 2.45) is 0 Å². The lowest BCUT2D eigenvalue weighted by Gasteiger charge is -2.38. The fourth-order valence-electron chi connectivity index (χ4n) is 2.26. The van der Waals surface area contributed by atoms with Gasteiger partial charge in [-0.15, -0.1) is 0 Å². The minimum Gasteiger partial charge on any atom is -0.303 e. The van der Waals surface area contributed by atoms with Gasteiger partial charge in [0.15, 0.2) is 0 Å². The van der Waals surface area contributed by atoms with E-state index in [4.69, 9.17) is 0 Å². The van der Waals surface area contributed by atoms with E-state index in [1.165, 1.54) is 38.8 Å². The van der Waals surface area contributed by atoms with Crippen LogP contribution in [0.1, 0.15) is 39.5 Å². The maximum Gasteiger partial charge on any atom is 0.0246 e. The Morgan fingerprint density at radius 3 is 2.62 bits per heavy atom. The summed E-state index contributed by atoms with van der Waals surface area (Å²) in [5, 5.41) is 1.04. The number of halogens is 1. The lowest BCUT2D eigenvalue weighted by molar-refractivity contribution is 0.129. The summed E-state index contributed by atoms with van der Waals surface area (Å²) in [5.74, 6) is 0. The molecule has 96 valence electrons. The molecule has 1 heterocycles. The van der Waals surface area contributed by atoms with E-state index >= 15 is 0 Å². The van der Waals surface area contributed by atoms with Crippen LogP contribution in [-0.4, -0.2) is 53.9 Å². The third-order valence-corrected chi connectivity index (χ3v) is 5.45. The first kappa shape index (κ1) is 14.5. The Hall–Kier alpha value is 0.400. The summed E-state index contributed by atoms with van der Waals surface area (Å²) >= 11 is 3.60. The standard InChI is InChI=1S/C13H27BrN2/c1-13(2,11-14)16(4)10-8-12-7-5-6-9-15(12)3/h12H,5-11H2,1-4H3. The summed E-state index contributed by atoms with van der Waals surface area (Å²) in [6.45, 7) is 7.09. The van der Waals surface area contributed by atoms with E-state index in [9.17, 15) is 0 Å². The van der Waals surface area contributed by atoms with Crippen molar-refractivity contribution < 1.29 is 0 Å². The molecule has 0 aliphatic carbocycles. The molecule has 1 aliphatic rings. The average molecular weight is 291 g/mol. The Kier molecular flexibility index (Phi) is 5.75. The van der Waals surface area contributed by atoms with Crippen LogP contribution < -0.4 is 0 Å². The van der Waals surface area contributed by atoms with E-state index in [0.717, 1.165) is 11.4 Å². The molecule has 0 aromatic carbocycles. The zero-order chi connectivity index (χ0) is 12.2. The number of hydrogen-bond acceptors (Lipinski definition) is 2. The van der Waals surface area contributed by atoms with Gasteiger partial charge in [0.2, 0.25) is 0 Å². The molecule has 0 bridgehead atoms. The van der Waals surface area contributed by atoms with Crippen molar-refractivity contribution in [3.8, 4) is 0 Å². The van der Waals surface area contributed by atoms with E-state index in [2.05, 4.69) is 53.7 Å². The zero-order valence-electron chi connectivity index (χ0n) is 11.3. The minimum atomic E-state index is 0.271. The van der Waals surface area contributed by atoms with E-state index < -0.39 is 0 Å². The van der Waals surface area contributed by atoms with Crippen LogP contribution in [-0.2, 0) is 0 Å². The summed E-state index contributed by atoms with van der Waals surface area (Å²) in [4.78, 5) is 5.02. The van der Waals surface area contributed by atoms with Crippen molar-refractivity contribution in [1.29, 1.82) is 0 Å². The Morgan fingerprint density at radius 1 is 1.38 bits per heavy atom. The Bertz CT molecular complexity index is 204. The molecule has 16 heavy (non-hydrogen) atoms. The van der Waals surface area contributed by atoms with Gasteiger partial charge >= 0.3 is 0 Å². The molecule has 3 heteroatoms. The second-order valence-corrected chi connectivity index (χ2v) is 6.35. The molecule has 1 unspecified atom stereocenters. The van der Waals surface area contributed by atoms with Crippen LogP contribution in [0.25, 0.3) is 0 Å². The lowest BCUT2D eigenvalue weighted by Crippen LogP contribution is -2.45. The maximum atomic E-state index is 3.60. The van der Waals surface area contributed by atoms with E-state index in [-0.39, 0.29) is 5.54 Å². The third kappa shape index (κ3) is 4.01. The second kappa shape index (κ2) is 6.36. The molecule has 1 saturated heterocycles. The number of nitrogens with zero attached hydrogens (tertiary/aromatic N) is 2. The fourth-order valence-corrected chi connectivity index (χ4v) is 2.68. The Balaban J connectivity index is 2.33. The van der Waals surface area contributed by atoms with Gasteiger partial charge in [-0.05, 0) is 60.3 Å². The summed E-state index contributed by atoms with van der Waals surface area (Å²) < 4.78 is 0. The van der Waals surface area contributed by atoms with Gasteiger partial charge < -0.3 is 9.80 Å². The molecule has 0 spiro atoms. The normalized spacial score (nSPS) is 24.0. The first-order valence-corrected chi connectivity index (χ1v) is 7.57. The molecule has 2 nitrogen and oxygen atoms in total. The predicted molar refractivity (Wildman–Crippen MR) is 75.4 cm³/mol. The second-order valence-electron chi connectivity index (χ2n) is 5.79. The topological polar surface area (TPSA) is 6.48 Å². The minimum absolute atomic E-state index is 0.271. The van der Waals surface area contributed by atoms with E-state index in [1.54, 1.807) is 0 Å². The number of likely N-dealkylation sites (tertiary alicyclic amines) is 1. The molecule has 0 N–H and O–H groups in total. The Labute approximate surface area is 109 Å². The van der Waals surface area contributed by atoms with Crippen LogP contribution in [0.4, 0.5) is 0 Å². The highest BCUT2D eigenvalue weighted by molar-refractivity contribution is 9.09. The number of piperidine rings is 1. The van der Waals surface area contributed by atoms with Gasteiger partial charge in [-0.1, -0.05) is 22.4 Å².